The molecule has 0 bridgehead atoms. The molecule has 1 atom stereocenters. The maximum absolute atomic E-state index is 11.8. The molecule has 1 aromatic rings. The van der Waals surface area contributed by atoms with Crippen molar-refractivity contribution in [3.8, 4) is 6.07 Å². The number of nitriles is 1. The molecule has 92 valence electrons. The number of aliphatic hydroxyl groups excluding tert-OH is 1. The van der Waals surface area contributed by atoms with E-state index in [1.807, 2.05) is 0 Å². The first-order valence-electron chi connectivity index (χ1n) is 5.00. The Hall–Kier alpha value is -1.49. The first kappa shape index (κ1) is 13.6. The number of hydrogen-bond acceptors (Lipinski definition) is 5. The molecule has 0 aromatic carbocycles. The summed E-state index contributed by atoms with van der Waals surface area (Å²) in [5.41, 5.74) is -0.142. The number of hydrogen-bond donors (Lipinski definition) is 2. The summed E-state index contributed by atoms with van der Waals surface area (Å²) in [6.07, 6.45) is 1.08. The maximum atomic E-state index is 11.8. The largest absolute Gasteiger partial charge is 0.393 e. The van der Waals surface area contributed by atoms with Gasteiger partial charge in [-0.15, -0.1) is 0 Å². The topological polar surface area (TPSA) is 103 Å². The number of sulfonamides is 1. The fourth-order valence-corrected chi connectivity index (χ4v) is 2.32. The van der Waals surface area contributed by atoms with Crippen molar-refractivity contribution in [3.63, 3.8) is 0 Å². The van der Waals surface area contributed by atoms with Crippen molar-refractivity contribution in [2.45, 2.75) is 24.3 Å². The van der Waals surface area contributed by atoms with Crippen LogP contribution in [0.4, 0.5) is 0 Å². The van der Waals surface area contributed by atoms with E-state index >= 15 is 0 Å². The Bertz CT molecular complexity index is 520. The van der Waals surface area contributed by atoms with Crippen LogP contribution in [0.5, 0.6) is 0 Å². The summed E-state index contributed by atoms with van der Waals surface area (Å²) in [6.45, 7) is 1.68. The molecular weight excluding hydrogens is 242 g/mol. The molecule has 0 aliphatic rings. The summed E-state index contributed by atoms with van der Waals surface area (Å²) in [5, 5.41) is 17.8. The summed E-state index contributed by atoms with van der Waals surface area (Å²) in [7, 11) is -3.74. The molecule has 7 heteroatoms. The van der Waals surface area contributed by atoms with Gasteiger partial charge in [0.05, 0.1) is 6.10 Å². The number of aromatic nitrogens is 1. The lowest BCUT2D eigenvalue weighted by Gasteiger charge is -2.08. The predicted molar refractivity (Wildman–Crippen MR) is 60.4 cm³/mol. The van der Waals surface area contributed by atoms with Crippen molar-refractivity contribution in [3.05, 3.63) is 24.0 Å². The molecule has 0 aliphatic carbocycles. The van der Waals surface area contributed by atoms with Crippen LogP contribution in [-0.4, -0.2) is 31.2 Å². The van der Waals surface area contributed by atoms with Gasteiger partial charge >= 0.3 is 0 Å². The first-order chi connectivity index (χ1) is 7.97. The number of pyridine rings is 1. The fourth-order valence-electron chi connectivity index (χ4n) is 1.17. The molecule has 0 spiro atoms. The Morgan fingerprint density at radius 1 is 1.65 bits per heavy atom. The van der Waals surface area contributed by atoms with Gasteiger partial charge in [-0.3, -0.25) is 0 Å². The van der Waals surface area contributed by atoms with E-state index in [4.69, 9.17) is 10.4 Å². The van der Waals surface area contributed by atoms with Gasteiger partial charge in [-0.05, 0) is 25.5 Å². The summed E-state index contributed by atoms with van der Waals surface area (Å²) < 4.78 is 25.9. The van der Waals surface area contributed by atoms with Crippen molar-refractivity contribution < 1.29 is 13.5 Å². The highest BCUT2D eigenvalue weighted by Crippen LogP contribution is 2.11. The van der Waals surface area contributed by atoms with Gasteiger partial charge in [0.25, 0.3) is 0 Å². The third-order valence-electron chi connectivity index (χ3n) is 2.02. The normalized spacial score (nSPS) is 13.0. The van der Waals surface area contributed by atoms with Crippen molar-refractivity contribution in [1.82, 2.24) is 9.71 Å². The SMILES string of the molecule is CC(O)CCNS(=O)(=O)c1cccnc1C#N. The third-order valence-corrected chi connectivity index (χ3v) is 3.51. The molecule has 17 heavy (non-hydrogen) atoms. The zero-order valence-electron chi connectivity index (χ0n) is 9.29. The molecule has 0 saturated heterocycles. The monoisotopic (exact) mass is 255 g/mol. The predicted octanol–water partition coefficient (Wildman–Crippen LogP) is 0.00248. The fraction of sp³-hybridized carbons (Fsp3) is 0.400. The van der Waals surface area contributed by atoms with E-state index in [9.17, 15) is 8.42 Å². The molecule has 0 aliphatic heterocycles. The highest BCUT2D eigenvalue weighted by molar-refractivity contribution is 7.89. The Labute approximate surface area is 100.0 Å². The van der Waals surface area contributed by atoms with Crippen molar-refractivity contribution in [2.24, 2.45) is 0 Å². The first-order valence-corrected chi connectivity index (χ1v) is 6.48. The minimum Gasteiger partial charge on any atom is -0.393 e. The number of nitrogens with one attached hydrogen (secondary N) is 1. The quantitative estimate of drug-likeness (QED) is 0.771. The van der Waals surface area contributed by atoms with E-state index in [1.54, 1.807) is 13.0 Å². The molecular formula is C10H13N3O3S. The summed E-state index contributed by atoms with van der Waals surface area (Å²) in [6, 6.07) is 4.49. The van der Waals surface area contributed by atoms with Crippen molar-refractivity contribution >= 4 is 10.0 Å². The molecule has 1 rings (SSSR count). The third kappa shape index (κ3) is 3.78. The highest BCUT2D eigenvalue weighted by atomic mass is 32.2. The van der Waals surface area contributed by atoms with Gasteiger partial charge in [0, 0.05) is 12.7 Å². The zero-order valence-corrected chi connectivity index (χ0v) is 10.1. The standard InChI is InChI=1S/C10H13N3O3S/c1-8(14)4-6-13-17(15,16)10-3-2-5-12-9(10)7-11/h2-3,5,8,13-14H,4,6H2,1H3. The van der Waals surface area contributed by atoms with E-state index in [2.05, 4.69) is 9.71 Å². The van der Waals surface area contributed by atoms with Gasteiger partial charge in [-0.25, -0.2) is 18.1 Å². The number of rotatable bonds is 5. The lowest BCUT2D eigenvalue weighted by Crippen LogP contribution is -2.27. The van der Waals surface area contributed by atoms with Gasteiger partial charge in [0.15, 0.2) is 5.69 Å². The second kappa shape index (κ2) is 5.72. The second-order valence-corrected chi connectivity index (χ2v) is 5.23. The van der Waals surface area contributed by atoms with Crippen LogP contribution < -0.4 is 4.72 Å². The average Bonchev–Trinajstić information content (AvgIpc) is 2.28. The van der Waals surface area contributed by atoms with Gasteiger partial charge in [0.2, 0.25) is 10.0 Å². The van der Waals surface area contributed by atoms with Crippen molar-refractivity contribution in [2.75, 3.05) is 6.54 Å². The lowest BCUT2D eigenvalue weighted by molar-refractivity contribution is 0.186. The van der Waals surface area contributed by atoms with Crippen LogP contribution in [0.1, 0.15) is 19.0 Å². The second-order valence-electron chi connectivity index (χ2n) is 3.50. The Balaban J connectivity index is 2.87. The molecule has 0 fully saturated rings. The van der Waals surface area contributed by atoms with Gasteiger partial charge in [-0.1, -0.05) is 0 Å². The molecule has 2 N–H and O–H groups in total. The average molecular weight is 255 g/mol. The van der Waals surface area contributed by atoms with E-state index in [1.165, 1.54) is 18.3 Å². The van der Waals surface area contributed by atoms with Crippen LogP contribution in [0, 0.1) is 11.3 Å². The Morgan fingerprint density at radius 2 is 2.35 bits per heavy atom. The zero-order chi connectivity index (χ0) is 12.9. The maximum Gasteiger partial charge on any atom is 0.243 e. The lowest BCUT2D eigenvalue weighted by atomic mass is 10.3. The van der Waals surface area contributed by atoms with E-state index in [0.717, 1.165) is 0 Å². The molecule has 1 heterocycles. The minimum absolute atomic E-state index is 0.111. The van der Waals surface area contributed by atoms with Crippen molar-refractivity contribution in [1.29, 1.82) is 5.26 Å². The summed E-state index contributed by atoms with van der Waals surface area (Å²) in [4.78, 5) is 3.53. The van der Waals surface area contributed by atoms with Gasteiger partial charge in [-0.2, -0.15) is 5.26 Å². The molecule has 0 radical (unpaired) electrons. The van der Waals surface area contributed by atoms with Crippen LogP contribution in [0.2, 0.25) is 0 Å². The van der Waals surface area contributed by atoms with E-state index in [-0.39, 0.29) is 17.1 Å². The van der Waals surface area contributed by atoms with Crippen LogP contribution in [0.3, 0.4) is 0 Å². The molecule has 1 aromatic heterocycles. The molecule has 0 amide bonds. The summed E-state index contributed by atoms with van der Waals surface area (Å²) >= 11 is 0. The Morgan fingerprint density at radius 3 is 2.94 bits per heavy atom. The van der Waals surface area contributed by atoms with Crippen LogP contribution in [0.25, 0.3) is 0 Å². The highest BCUT2D eigenvalue weighted by Gasteiger charge is 2.18. The van der Waals surface area contributed by atoms with Crippen LogP contribution in [0.15, 0.2) is 23.2 Å². The van der Waals surface area contributed by atoms with Gasteiger partial charge < -0.3 is 5.11 Å². The molecule has 0 saturated carbocycles. The van der Waals surface area contributed by atoms with E-state index in [0.29, 0.717) is 6.42 Å². The molecule has 6 nitrogen and oxygen atoms in total. The summed E-state index contributed by atoms with van der Waals surface area (Å²) in [5.74, 6) is 0. The smallest absolute Gasteiger partial charge is 0.243 e. The minimum atomic E-state index is -3.74. The van der Waals surface area contributed by atoms with Crippen LogP contribution >= 0.6 is 0 Å². The number of nitrogens with zero attached hydrogens (tertiary/aromatic N) is 2. The van der Waals surface area contributed by atoms with E-state index < -0.39 is 16.1 Å². The Kier molecular flexibility index (Phi) is 4.57. The number of aliphatic hydroxyl groups is 1. The van der Waals surface area contributed by atoms with Gasteiger partial charge in [0.1, 0.15) is 11.0 Å². The molecule has 1 unspecified atom stereocenters. The van der Waals surface area contributed by atoms with Crippen LogP contribution in [-0.2, 0) is 10.0 Å².